The standard InChI is InChI=1S/C32H26O3/c33-31(34)20-10-12-23-11-9-17-26(21-23)27-18-7-8-19-28(27)30-22-29(24-13-3-1-4-14-24)32(35-30)25-15-5-2-6-16-25/h1-9,11,13-19,21-22H,10,12,20H2,(H,33,34). The largest absolute Gasteiger partial charge is 0.481 e. The molecule has 4 aromatic carbocycles. The van der Waals surface area contributed by atoms with E-state index in [9.17, 15) is 4.79 Å². The third-order valence-electron chi connectivity index (χ3n) is 6.14. The maximum atomic E-state index is 10.9. The monoisotopic (exact) mass is 458 g/mol. The van der Waals surface area contributed by atoms with E-state index < -0.39 is 5.97 Å². The van der Waals surface area contributed by atoms with Gasteiger partial charge in [0, 0.05) is 23.1 Å². The van der Waals surface area contributed by atoms with Gasteiger partial charge in [0.2, 0.25) is 0 Å². The zero-order valence-corrected chi connectivity index (χ0v) is 19.4. The van der Waals surface area contributed by atoms with Crippen molar-refractivity contribution in [3.63, 3.8) is 0 Å². The van der Waals surface area contributed by atoms with Crippen LogP contribution >= 0.6 is 0 Å². The summed E-state index contributed by atoms with van der Waals surface area (Å²) in [6.45, 7) is 0. The Kier molecular flexibility index (Phi) is 6.58. The van der Waals surface area contributed by atoms with Crippen LogP contribution in [0, 0.1) is 0 Å². The average Bonchev–Trinajstić information content (AvgIpc) is 3.35. The topological polar surface area (TPSA) is 50.4 Å². The molecule has 0 aliphatic carbocycles. The van der Waals surface area contributed by atoms with Crippen LogP contribution in [0.5, 0.6) is 0 Å². The molecule has 172 valence electrons. The quantitative estimate of drug-likeness (QED) is 0.254. The first-order chi connectivity index (χ1) is 17.2. The third kappa shape index (κ3) is 5.10. The Hall–Kier alpha value is -4.37. The molecule has 0 bridgehead atoms. The Morgan fingerprint density at radius 3 is 1.97 bits per heavy atom. The number of hydrogen-bond acceptors (Lipinski definition) is 2. The number of carbonyl (C=O) groups is 1. The molecule has 0 spiro atoms. The predicted molar refractivity (Wildman–Crippen MR) is 141 cm³/mol. The normalized spacial score (nSPS) is 10.9. The van der Waals surface area contributed by atoms with Gasteiger partial charge in [-0.2, -0.15) is 0 Å². The number of benzene rings is 4. The smallest absolute Gasteiger partial charge is 0.303 e. The van der Waals surface area contributed by atoms with Crippen LogP contribution in [-0.4, -0.2) is 11.1 Å². The summed E-state index contributed by atoms with van der Waals surface area (Å²) in [5.74, 6) is 0.909. The van der Waals surface area contributed by atoms with Gasteiger partial charge in [0.15, 0.2) is 0 Å². The van der Waals surface area contributed by atoms with E-state index in [1.165, 1.54) is 0 Å². The highest BCUT2D eigenvalue weighted by molar-refractivity contribution is 5.88. The molecule has 5 rings (SSSR count). The second-order valence-corrected chi connectivity index (χ2v) is 8.58. The molecule has 3 nitrogen and oxygen atoms in total. The molecular weight excluding hydrogens is 432 g/mol. The van der Waals surface area contributed by atoms with Crippen LogP contribution in [0.15, 0.2) is 120 Å². The van der Waals surface area contributed by atoms with E-state index in [4.69, 9.17) is 9.52 Å². The van der Waals surface area contributed by atoms with Gasteiger partial charge in [-0.15, -0.1) is 0 Å². The van der Waals surface area contributed by atoms with Gasteiger partial charge in [0.25, 0.3) is 0 Å². The van der Waals surface area contributed by atoms with E-state index in [1.54, 1.807) is 0 Å². The second kappa shape index (κ2) is 10.3. The van der Waals surface area contributed by atoms with Gasteiger partial charge in [-0.3, -0.25) is 4.79 Å². The Labute approximate surface area is 205 Å². The number of rotatable bonds is 8. The van der Waals surface area contributed by atoms with Gasteiger partial charge in [-0.1, -0.05) is 109 Å². The second-order valence-electron chi connectivity index (χ2n) is 8.58. The lowest BCUT2D eigenvalue weighted by Gasteiger charge is -2.10. The molecule has 1 heterocycles. The SMILES string of the molecule is O=C(O)CCCc1cccc(-c2ccccc2-c2cc(-c3ccccc3)c(-c3ccccc3)o2)c1. The van der Waals surface area contributed by atoms with E-state index in [0.717, 1.165) is 56.9 Å². The highest BCUT2D eigenvalue weighted by atomic mass is 16.4. The maximum absolute atomic E-state index is 10.9. The van der Waals surface area contributed by atoms with Gasteiger partial charge in [-0.25, -0.2) is 0 Å². The van der Waals surface area contributed by atoms with E-state index in [0.29, 0.717) is 6.42 Å². The van der Waals surface area contributed by atoms with E-state index >= 15 is 0 Å². The van der Waals surface area contributed by atoms with Crippen LogP contribution in [0.1, 0.15) is 18.4 Å². The molecule has 0 unspecified atom stereocenters. The summed E-state index contributed by atoms with van der Waals surface area (Å²) >= 11 is 0. The van der Waals surface area contributed by atoms with Crippen LogP contribution < -0.4 is 0 Å². The number of hydrogen-bond donors (Lipinski definition) is 1. The van der Waals surface area contributed by atoms with Crippen molar-refractivity contribution in [3.05, 3.63) is 121 Å². The molecule has 1 aromatic heterocycles. The van der Waals surface area contributed by atoms with Gasteiger partial charge in [0.05, 0.1) is 0 Å². The molecule has 0 atom stereocenters. The first-order valence-electron chi connectivity index (χ1n) is 11.8. The molecule has 3 heteroatoms. The summed E-state index contributed by atoms with van der Waals surface area (Å²) in [5.41, 5.74) is 7.54. The number of carboxylic acid groups (broad SMARTS) is 1. The third-order valence-corrected chi connectivity index (χ3v) is 6.14. The molecule has 0 saturated heterocycles. The Balaban J connectivity index is 1.58. The summed E-state index contributed by atoms with van der Waals surface area (Å²) in [5, 5.41) is 8.97. The summed E-state index contributed by atoms with van der Waals surface area (Å²) in [7, 11) is 0. The molecule has 0 amide bonds. The molecule has 35 heavy (non-hydrogen) atoms. The fourth-order valence-electron chi connectivity index (χ4n) is 4.45. The number of aryl methyl sites for hydroxylation is 1. The molecular formula is C32H26O3. The van der Waals surface area contributed by atoms with Crippen molar-refractivity contribution in [2.24, 2.45) is 0 Å². The molecule has 0 aliphatic heterocycles. The zero-order chi connectivity index (χ0) is 24.0. The highest BCUT2D eigenvalue weighted by Crippen LogP contribution is 2.41. The lowest BCUT2D eigenvalue weighted by atomic mass is 9.95. The molecule has 1 N–H and O–H groups in total. The predicted octanol–water partition coefficient (Wildman–Crippen LogP) is 8.35. The summed E-state index contributed by atoms with van der Waals surface area (Å²) in [4.78, 5) is 10.9. The molecule has 0 saturated carbocycles. The lowest BCUT2D eigenvalue weighted by molar-refractivity contribution is -0.137. The zero-order valence-electron chi connectivity index (χ0n) is 19.4. The van der Waals surface area contributed by atoms with Crippen LogP contribution in [-0.2, 0) is 11.2 Å². The summed E-state index contributed by atoms with van der Waals surface area (Å²) in [6, 6.07) is 39.3. The fourth-order valence-corrected chi connectivity index (χ4v) is 4.45. The van der Waals surface area contributed by atoms with E-state index in [-0.39, 0.29) is 6.42 Å². The molecule has 0 aliphatic rings. The van der Waals surface area contributed by atoms with Crippen molar-refractivity contribution in [1.82, 2.24) is 0 Å². The minimum absolute atomic E-state index is 0.178. The Bertz CT molecular complexity index is 1380. The minimum atomic E-state index is -0.757. The lowest BCUT2D eigenvalue weighted by Crippen LogP contribution is -1.96. The van der Waals surface area contributed by atoms with Crippen molar-refractivity contribution >= 4 is 5.97 Å². The van der Waals surface area contributed by atoms with Gasteiger partial charge in [0.1, 0.15) is 11.5 Å². The fraction of sp³-hybridized carbons (Fsp3) is 0.0938. The van der Waals surface area contributed by atoms with Crippen LogP contribution in [0.25, 0.3) is 44.9 Å². The average molecular weight is 459 g/mol. The number of aliphatic carboxylic acids is 1. The van der Waals surface area contributed by atoms with Gasteiger partial charge < -0.3 is 9.52 Å². The van der Waals surface area contributed by atoms with Crippen molar-refractivity contribution in [2.75, 3.05) is 0 Å². The molecule has 0 radical (unpaired) electrons. The van der Waals surface area contributed by atoms with Gasteiger partial charge >= 0.3 is 5.97 Å². The van der Waals surface area contributed by atoms with E-state index in [2.05, 4.69) is 60.7 Å². The molecule has 5 aromatic rings. The first-order valence-corrected chi connectivity index (χ1v) is 11.8. The van der Waals surface area contributed by atoms with E-state index in [1.807, 2.05) is 54.6 Å². The van der Waals surface area contributed by atoms with Crippen LogP contribution in [0.4, 0.5) is 0 Å². The Morgan fingerprint density at radius 1 is 0.629 bits per heavy atom. The van der Waals surface area contributed by atoms with Crippen molar-refractivity contribution in [1.29, 1.82) is 0 Å². The van der Waals surface area contributed by atoms with Crippen molar-refractivity contribution in [3.8, 4) is 44.9 Å². The van der Waals surface area contributed by atoms with Crippen LogP contribution in [0.3, 0.4) is 0 Å². The maximum Gasteiger partial charge on any atom is 0.303 e. The minimum Gasteiger partial charge on any atom is -0.481 e. The number of carboxylic acids is 1. The summed E-state index contributed by atoms with van der Waals surface area (Å²) < 4.78 is 6.56. The van der Waals surface area contributed by atoms with Crippen molar-refractivity contribution < 1.29 is 14.3 Å². The first kappa shape index (κ1) is 22.4. The number of furan rings is 1. The van der Waals surface area contributed by atoms with Gasteiger partial charge in [-0.05, 0) is 41.2 Å². The Morgan fingerprint density at radius 2 is 1.26 bits per heavy atom. The van der Waals surface area contributed by atoms with Crippen LogP contribution in [0.2, 0.25) is 0 Å². The molecule has 0 fully saturated rings. The summed E-state index contributed by atoms with van der Waals surface area (Å²) in [6.07, 6.45) is 1.54. The highest BCUT2D eigenvalue weighted by Gasteiger charge is 2.18. The van der Waals surface area contributed by atoms with Crippen molar-refractivity contribution in [2.45, 2.75) is 19.3 Å².